The van der Waals surface area contributed by atoms with Crippen molar-refractivity contribution in [2.75, 3.05) is 13.1 Å². The van der Waals surface area contributed by atoms with Gasteiger partial charge < -0.3 is 9.30 Å². The van der Waals surface area contributed by atoms with Crippen LogP contribution in [0.4, 0.5) is 0 Å². The van der Waals surface area contributed by atoms with Crippen LogP contribution >= 0.6 is 11.6 Å². The van der Waals surface area contributed by atoms with Gasteiger partial charge in [0.2, 0.25) is 10.0 Å². The molecular weight excluding hydrogens is 424 g/mol. The maximum absolute atomic E-state index is 13.1. The monoisotopic (exact) mass is 446 g/mol. The van der Waals surface area contributed by atoms with Crippen molar-refractivity contribution >= 4 is 38.8 Å². The number of sulfonamides is 1. The molecule has 0 bridgehead atoms. The average molecular weight is 447 g/mol. The van der Waals surface area contributed by atoms with E-state index in [9.17, 15) is 13.2 Å². The molecule has 1 fully saturated rings. The number of carbonyl (C=O) groups excluding carboxylic acids is 1. The number of fused-ring (bicyclic) bond motifs is 1. The van der Waals surface area contributed by atoms with Crippen molar-refractivity contribution in [1.29, 1.82) is 0 Å². The molecule has 158 valence electrons. The normalized spacial score (nSPS) is 17.7. The van der Waals surface area contributed by atoms with E-state index < -0.39 is 10.0 Å². The molecule has 4 rings (SSSR count). The number of halogens is 1. The lowest BCUT2D eigenvalue weighted by atomic mass is 10.2. The zero-order valence-electron chi connectivity index (χ0n) is 16.8. The summed E-state index contributed by atoms with van der Waals surface area (Å²) in [5, 5.41) is 1.39. The highest BCUT2D eigenvalue weighted by Crippen LogP contribution is 2.33. The number of hydrogen-bond acceptors (Lipinski definition) is 4. The summed E-state index contributed by atoms with van der Waals surface area (Å²) in [6, 6.07) is 11.8. The van der Waals surface area contributed by atoms with Crippen LogP contribution in [-0.4, -0.2) is 42.8 Å². The summed E-state index contributed by atoms with van der Waals surface area (Å²) in [6.07, 6.45) is 3.28. The zero-order chi connectivity index (χ0) is 21.5. The molecule has 3 aromatic rings. The highest BCUT2D eigenvalue weighted by molar-refractivity contribution is 7.89. The lowest BCUT2D eigenvalue weighted by Crippen LogP contribution is -2.29. The lowest BCUT2D eigenvalue weighted by Gasteiger charge is -2.18. The van der Waals surface area contributed by atoms with Gasteiger partial charge in [-0.2, -0.15) is 4.31 Å². The van der Waals surface area contributed by atoms with Crippen LogP contribution < -0.4 is 4.74 Å². The maximum Gasteiger partial charge on any atom is 0.243 e. The van der Waals surface area contributed by atoms with Crippen LogP contribution in [0.25, 0.3) is 10.9 Å². The van der Waals surface area contributed by atoms with E-state index >= 15 is 0 Å². The second kappa shape index (κ2) is 8.06. The molecule has 0 amide bonds. The van der Waals surface area contributed by atoms with E-state index in [1.54, 1.807) is 36.5 Å². The van der Waals surface area contributed by atoms with E-state index in [0.29, 0.717) is 35.8 Å². The molecule has 1 aromatic heterocycles. The molecule has 30 heavy (non-hydrogen) atoms. The van der Waals surface area contributed by atoms with Crippen LogP contribution in [0.15, 0.2) is 53.6 Å². The Labute approximate surface area is 181 Å². The number of carbonyl (C=O) groups is 1. The summed E-state index contributed by atoms with van der Waals surface area (Å²) in [7, 11) is -3.62. The first kappa shape index (κ1) is 20.9. The summed E-state index contributed by atoms with van der Waals surface area (Å²) < 4.78 is 35.3. The second-order valence-electron chi connectivity index (χ2n) is 7.71. The molecule has 0 saturated carbocycles. The molecule has 0 aliphatic carbocycles. The molecule has 1 saturated heterocycles. The molecule has 2 heterocycles. The maximum atomic E-state index is 13.1. The van der Waals surface area contributed by atoms with Crippen molar-refractivity contribution in [3.63, 3.8) is 0 Å². The topological polar surface area (TPSA) is 68.6 Å². The Hall–Kier alpha value is -2.35. The number of nitrogens with zero attached hydrogens (tertiary/aromatic N) is 2. The lowest BCUT2D eigenvalue weighted by molar-refractivity contribution is 0.112. The summed E-state index contributed by atoms with van der Waals surface area (Å²) in [6.45, 7) is 4.58. The van der Waals surface area contributed by atoms with Gasteiger partial charge >= 0.3 is 0 Å². The Balaban J connectivity index is 1.59. The van der Waals surface area contributed by atoms with E-state index in [1.807, 2.05) is 30.5 Å². The number of aldehydes is 1. The van der Waals surface area contributed by atoms with Crippen LogP contribution in [0, 0.1) is 0 Å². The van der Waals surface area contributed by atoms with Crippen molar-refractivity contribution in [2.24, 2.45) is 0 Å². The predicted molar refractivity (Wildman–Crippen MR) is 117 cm³/mol. The fraction of sp³-hybridized carbons (Fsp3) is 0.318. The Morgan fingerprint density at radius 1 is 1.17 bits per heavy atom. The first-order valence-electron chi connectivity index (χ1n) is 9.81. The smallest absolute Gasteiger partial charge is 0.243 e. The zero-order valence-corrected chi connectivity index (χ0v) is 18.4. The number of aromatic nitrogens is 1. The number of hydrogen-bond donors (Lipinski definition) is 0. The minimum Gasteiger partial charge on any atom is -0.491 e. The van der Waals surface area contributed by atoms with Gasteiger partial charge in [0, 0.05) is 41.3 Å². The minimum atomic E-state index is -3.62. The second-order valence-corrected chi connectivity index (χ2v) is 10.1. The third-order valence-corrected chi connectivity index (χ3v) is 7.42. The molecule has 2 aromatic carbocycles. The minimum absolute atomic E-state index is 0.0213. The average Bonchev–Trinajstić information content (AvgIpc) is 3.32. The van der Waals surface area contributed by atoms with E-state index in [-0.39, 0.29) is 17.0 Å². The van der Waals surface area contributed by atoms with Crippen LogP contribution in [0.3, 0.4) is 0 Å². The first-order valence-corrected chi connectivity index (χ1v) is 11.6. The van der Waals surface area contributed by atoms with Gasteiger partial charge in [-0.25, -0.2) is 8.42 Å². The van der Waals surface area contributed by atoms with Crippen LogP contribution in [0.2, 0.25) is 5.02 Å². The standard InChI is InChI=1S/C22H23ClN2O4S/c1-15(2)29-19-4-6-20(7-5-19)30(27,28)24-10-9-18(13-24)25-12-16(14-26)21-8-3-17(23)11-22(21)25/h3-8,11-12,14-15,18H,9-10,13H2,1-2H3/t18-/m1/s1. The van der Waals surface area contributed by atoms with Crippen molar-refractivity contribution in [2.45, 2.75) is 37.3 Å². The summed E-state index contributed by atoms with van der Waals surface area (Å²) in [5.74, 6) is 0.639. The molecule has 1 aliphatic heterocycles. The largest absolute Gasteiger partial charge is 0.491 e. The fourth-order valence-electron chi connectivity index (χ4n) is 3.91. The van der Waals surface area contributed by atoms with Crippen LogP contribution in [-0.2, 0) is 10.0 Å². The predicted octanol–water partition coefficient (Wildman–Crippen LogP) is 4.53. The van der Waals surface area contributed by atoms with Gasteiger partial charge in [-0.15, -0.1) is 0 Å². The van der Waals surface area contributed by atoms with Gasteiger partial charge in [-0.3, -0.25) is 4.79 Å². The van der Waals surface area contributed by atoms with Gasteiger partial charge in [0.25, 0.3) is 0 Å². The highest BCUT2D eigenvalue weighted by Gasteiger charge is 2.34. The van der Waals surface area contributed by atoms with Gasteiger partial charge in [-0.05, 0) is 56.7 Å². The quantitative estimate of drug-likeness (QED) is 0.521. The SMILES string of the molecule is CC(C)Oc1ccc(S(=O)(=O)N2CC[C@@H](n3cc(C=O)c4ccc(Cl)cc43)C2)cc1. The summed E-state index contributed by atoms with van der Waals surface area (Å²) in [4.78, 5) is 11.7. The van der Waals surface area contributed by atoms with Gasteiger partial charge in [-0.1, -0.05) is 17.7 Å². The number of ether oxygens (including phenoxy) is 1. The summed E-state index contributed by atoms with van der Waals surface area (Å²) in [5.41, 5.74) is 1.41. The molecule has 0 N–H and O–H groups in total. The van der Waals surface area contributed by atoms with E-state index in [2.05, 4.69) is 0 Å². The number of benzene rings is 2. The molecule has 1 aliphatic rings. The third kappa shape index (κ3) is 3.85. The van der Waals surface area contributed by atoms with Crippen LogP contribution in [0.1, 0.15) is 36.7 Å². The van der Waals surface area contributed by atoms with Gasteiger partial charge in [0.1, 0.15) is 5.75 Å². The Bertz CT molecular complexity index is 1190. The molecule has 0 radical (unpaired) electrons. The first-order chi connectivity index (χ1) is 14.3. The van der Waals surface area contributed by atoms with E-state index in [4.69, 9.17) is 16.3 Å². The van der Waals surface area contributed by atoms with Crippen molar-refractivity contribution in [1.82, 2.24) is 8.87 Å². The Morgan fingerprint density at radius 2 is 1.90 bits per heavy atom. The van der Waals surface area contributed by atoms with Crippen molar-refractivity contribution < 1.29 is 17.9 Å². The molecule has 8 heteroatoms. The molecule has 0 unspecified atom stereocenters. The van der Waals surface area contributed by atoms with Crippen molar-refractivity contribution in [3.8, 4) is 5.75 Å². The van der Waals surface area contributed by atoms with E-state index in [1.165, 1.54) is 4.31 Å². The third-order valence-electron chi connectivity index (χ3n) is 5.31. The van der Waals surface area contributed by atoms with Crippen LogP contribution in [0.5, 0.6) is 5.75 Å². The Kier molecular flexibility index (Phi) is 5.61. The van der Waals surface area contributed by atoms with Crippen molar-refractivity contribution in [3.05, 3.63) is 59.2 Å². The van der Waals surface area contributed by atoms with Gasteiger partial charge in [0.15, 0.2) is 6.29 Å². The fourth-order valence-corrected chi connectivity index (χ4v) is 5.57. The number of rotatable bonds is 6. The highest BCUT2D eigenvalue weighted by atomic mass is 35.5. The molecule has 6 nitrogen and oxygen atoms in total. The molecular formula is C22H23ClN2O4S. The summed E-state index contributed by atoms with van der Waals surface area (Å²) >= 11 is 6.16. The molecule has 0 spiro atoms. The Morgan fingerprint density at radius 3 is 2.57 bits per heavy atom. The van der Waals surface area contributed by atoms with E-state index in [0.717, 1.165) is 17.2 Å². The van der Waals surface area contributed by atoms with Gasteiger partial charge in [0.05, 0.1) is 16.5 Å². The molecule has 1 atom stereocenters.